The molecule has 1 saturated carbocycles. The van der Waals surface area contributed by atoms with Gasteiger partial charge in [-0.1, -0.05) is 20.8 Å². The highest BCUT2D eigenvalue weighted by Crippen LogP contribution is 2.52. The van der Waals surface area contributed by atoms with Gasteiger partial charge in [-0.15, -0.1) is 0 Å². The summed E-state index contributed by atoms with van der Waals surface area (Å²) in [7, 11) is 1.61. The van der Waals surface area contributed by atoms with Crippen molar-refractivity contribution in [2.24, 2.45) is 10.8 Å². The molecule has 22 heavy (non-hydrogen) atoms. The van der Waals surface area contributed by atoms with Gasteiger partial charge in [-0.05, 0) is 70.4 Å². The summed E-state index contributed by atoms with van der Waals surface area (Å²) < 4.78 is 6.16. The van der Waals surface area contributed by atoms with Crippen LogP contribution in [0.3, 0.4) is 0 Å². The SMILES string of the molecule is COc1cc(CN2C[C@]3(C)C[C@@H]2CC(C)(C)C3)cc(I)c1O. The first kappa shape index (κ1) is 16.4. The Morgan fingerprint density at radius 2 is 2.05 bits per heavy atom. The molecule has 2 bridgehead atoms. The zero-order valence-corrected chi connectivity index (χ0v) is 16.1. The van der Waals surface area contributed by atoms with Crippen molar-refractivity contribution in [2.45, 2.75) is 52.6 Å². The Kier molecular flexibility index (Phi) is 4.13. The second-order valence-corrected chi connectivity index (χ2v) is 9.41. The molecule has 0 radical (unpaired) electrons. The van der Waals surface area contributed by atoms with Gasteiger partial charge in [-0.2, -0.15) is 0 Å². The Morgan fingerprint density at radius 1 is 1.32 bits per heavy atom. The molecule has 2 aliphatic rings. The molecule has 0 amide bonds. The maximum absolute atomic E-state index is 10.00. The number of rotatable bonds is 3. The maximum Gasteiger partial charge on any atom is 0.171 e. The summed E-state index contributed by atoms with van der Waals surface area (Å²) in [5.74, 6) is 0.829. The number of methoxy groups -OCH3 is 1. The summed E-state index contributed by atoms with van der Waals surface area (Å²) in [6, 6.07) is 4.74. The number of ether oxygens (including phenoxy) is 1. The van der Waals surface area contributed by atoms with Gasteiger partial charge in [0.05, 0.1) is 10.7 Å². The molecule has 0 unspecified atom stereocenters. The van der Waals surface area contributed by atoms with E-state index in [9.17, 15) is 5.11 Å². The molecule has 1 aromatic rings. The summed E-state index contributed by atoms with van der Waals surface area (Å²) in [6.07, 6.45) is 3.93. The minimum Gasteiger partial charge on any atom is -0.504 e. The number of phenolic OH excluding ortho intramolecular Hbond substituents is 1. The average molecular weight is 415 g/mol. The number of fused-ring (bicyclic) bond motifs is 2. The van der Waals surface area contributed by atoms with Gasteiger partial charge in [-0.3, -0.25) is 4.90 Å². The molecule has 1 aliphatic heterocycles. The third-order valence-electron chi connectivity index (χ3n) is 5.22. The molecule has 1 heterocycles. The number of phenols is 1. The first-order chi connectivity index (χ1) is 10.2. The van der Waals surface area contributed by atoms with E-state index in [-0.39, 0.29) is 5.75 Å². The summed E-state index contributed by atoms with van der Waals surface area (Å²) in [6.45, 7) is 9.40. The van der Waals surface area contributed by atoms with Crippen molar-refractivity contribution >= 4 is 22.6 Å². The van der Waals surface area contributed by atoms with E-state index >= 15 is 0 Å². The van der Waals surface area contributed by atoms with Gasteiger partial charge in [0.2, 0.25) is 0 Å². The smallest absolute Gasteiger partial charge is 0.171 e. The number of hydrogen-bond donors (Lipinski definition) is 1. The van der Waals surface area contributed by atoms with Gasteiger partial charge in [0.25, 0.3) is 0 Å². The highest BCUT2D eigenvalue weighted by Gasteiger charge is 2.49. The van der Waals surface area contributed by atoms with E-state index in [0.717, 1.165) is 10.1 Å². The molecular formula is C18H26INO2. The van der Waals surface area contributed by atoms with E-state index in [1.54, 1.807) is 7.11 Å². The van der Waals surface area contributed by atoms with Gasteiger partial charge in [0.15, 0.2) is 11.5 Å². The lowest BCUT2D eigenvalue weighted by Gasteiger charge is -2.40. The zero-order chi connectivity index (χ0) is 16.1. The van der Waals surface area contributed by atoms with Crippen molar-refractivity contribution in [3.05, 3.63) is 21.3 Å². The van der Waals surface area contributed by atoms with Crippen LogP contribution >= 0.6 is 22.6 Å². The molecule has 4 heteroatoms. The fraction of sp³-hybridized carbons (Fsp3) is 0.667. The number of halogens is 1. The highest BCUT2D eigenvalue weighted by atomic mass is 127. The second-order valence-electron chi connectivity index (χ2n) is 8.25. The fourth-order valence-electron chi connectivity index (χ4n) is 4.87. The number of hydrogen-bond acceptors (Lipinski definition) is 3. The van der Waals surface area contributed by atoms with Crippen LogP contribution in [-0.4, -0.2) is 29.7 Å². The zero-order valence-electron chi connectivity index (χ0n) is 13.9. The quantitative estimate of drug-likeness (QED) is 0.743. The average Bonchev–Trinajstić information content (AvgIpc) is 2.62. The molecule has 0 aromatic heterocycles. The minimum absolute atomic E-state index is 0.250. The van der Waals surface area contributed by atoms with Crippen LogP contribution in [0.1, 0.15) is 45.6 Å². The van der Waals surface area contributed by atoms with Crippen molar-refractivity contribution in [1.29, 1.82) is 0 Å². The van der Waals surface area contributed by atoms with E-state index in [4.69, 9.17) is 4.74 Å². The third kappa shape index (κ3) is 3.09. The van der Waals surface area contributed by atoms with E-state index in [1.165, 1.54) is 31.4 Å². The lowest BCUT2D eigenvalue weighted by Crippen LogP contribution is -2.34. The minimum atomic E-state index is 0.250. The Balaban J connectivity index is 1.81. The normalized spacial score (nSPS) is 30.5. The Bertz CT molecular complexity index is 587. The summed E-state index contributed by atoms with van der Waals surface area (Å²) >= 11 is 2.18. The van der Waals surface area contributed by atoms with Crippen LogP contribution in [0.15, 0.2) is 12.1 Å². The Labute approximate surface area is 147 Å². The van der Waals surface area contributed by atoms with Crippen molar-refractivity contribution in [3.63, 3.8) is 0 Å². The van der Waals surface area contributed by atoms with Crippen molar-refractivity contribution in [3.8, 4) is 11.5 Å². The molecule has 1 saturated heterocycles. The van der Waals surface area contributed by atoms with Crippen LogP contribution in [-0.2, 0) is 6.54 Å². The lowest BCUT2D eigenvalue weighted by atomic mass is 9.65. The molecular weight excluding hydrogens is 389 g/mol. The fourth-order valence-corrected chi connectivity index (χ4v) is 5.54. The molecule has 1 aromatic carbocycles. The van der Waals surface area contributed by atoms with Crippen LogP contribution in [0.5, 0.6) is 11.5 Å². The molecule has 3 nitrogen and oxygen atoms in total. The molecule has 3 rings (SSSR count). The summed E-state index contributed by atoms with van der Waals surface area (Å²) in [4.78, 5) is 2.64. The summed E-state index contributed by atoms with van der Waals surface area (Å²) in [5, 5.41) is 10.00. The summed E-state index contributed by atoms with van der Waals surface area (Å²) in [5.41, 5.74) is 2.14. The third-order valence-corrected chi connectivity index (χ3v) is 6.04. The van der Waals surface area contributed by atoms with E-state index < -0.39 is 0 Å². The number of benzene rings is 1. The molecule has 0 spiro atoms. The molecule has 122 valence electrons. The van der Waals surface area contributed by atoms with Crippen LogP contribution in [0.2, 0.25) is 0 Å². The molecule has 1 aliphatic carbocycles. The molecule has 1 N–H and O–H groups in total. The van der Waals surface area contributed by atoms with Crippen LogP contribution in [0.25, 0.3) is 0 Å². The standard InChI is InChI=1S/C18H26INO2/c1-17(2)7-13-8-18(3,10-17)11-20(13)9-12-5-14(19)16(21)15(6-12)22-4/h5-6,13,21H,7-11H2,1-4H3/t13-,18+/m0/s1. The van der Waals surface area contributed by atoms with Gasteiger partial charge >= 0.3 is 0 Å². The number of likely N-dealkylation sites (tertiary alicyclic amines) is 1. The van der Waals surface area contributed by atoms with Crippen molar-refractivity contribution in [1.82, 2.24) is 4.90 Å². The van der Waals surface area contributed by atoms with E-state index in [1.807, 2.05) is 6.07 Å². The van der Waals surface area contributed by atoms with E-state index in [2.05, 4.69) is 54.3 Å². The lowest BCUT2D eigenvalue weighted by molar-refractivity contribution is 0.126. The van der Waals surface area contributed by atoms with Gasteiger partial charge in [0, 0.05) is 19.1 Å². The van der Waals surface area contributed by atoms with E-state index in [0.29, 0.717) is 22.6 Å². The van der Waals surface area contributed by atoms with Crippen molar-refractivity contribution < 1.29 is 9.84 Å². The topological polar surface area (TPSA) is 32.7 Å². The van der Waals surface area contributed by atoms with Crippen LogP contribution in [0.4, 0.5) is 0 Å². The van der Waals surface area contributed by atoms with Crippen LogP contribution < -0.4 is 4.74 Å². The van der Waals surface area contributed by atoms with Crippen molar-refractivity contribution in [2.75, 3.05) is 13.7 Å². The first-order valence-electron chi connectivity index (χ1n) is 8.01. The molecule has 2 atom stereocenters. The van der Waals surface area contributed by atoms with Gasteiger partial charge < -0.3 is 9.84 Å². The molecule has 2 fully saturated rings. The van der Waals surface area contributed by atoms with Gasteiger partial charge in [0.1, 0.15) is 0 Å². The Morgan fingerprint density at radius 3 is 2.73 bits per heavy atom. The predicted molar refractivity (Wildman–Crippen MR) is 97.3 cm³/mol. The monoisotopic (exact) mass is 415 g/mol. The van der Waals surface area contributed by atoms with Gasteiger partial charge in [-0.25, -0.2) is 0 Å². The second kappa shape index (κ2) is 5.55. The number of aromatic hydroxyl groups is 1. The number of nitrogens with zero attached hydrogens (tertiary/aromatic N) is 1. The Hall–Kier alpha value is -0.490. The highest BCUT2D eigenvalue weighted by molar-refractivity contribution is 14.1. The maximum atomic E-state index is 10.00. The van der Waals surface area contributed by atoms with Crippen LogP contribution in [0, 0.1) is 14.4 Å². The first-order valence-corrected chi connectivity index (χ1v) is 9.09. The largest absolute Gasteiger partial charge is 0.504 e. The predicted octanol–water partition coefficient (Wildman–Crippen LogP) is 4.41.